The molecule has 0 amide bonds. The predicted octanol–water partition coefficient (Wildman–Crippen LogP) is 1.62. The molecule has 1 aliphatic rings. The van der Waals surface area contributed by atoms with Crippen molar-refractivity contribution in [1.82, 2.24) is 4.90 Å². The SMILES string of the molecule is C/C=C(/C)CN1CCCC(CN)C1. The van der Waals surface area contributed by atoms with Crippen LogP contribution in [0.25, 0.3) is 0 Å². The largest absolute Gasteiger partial charge is 0.330 e. The van der Waals surface area contributed by atoms with Crippen LogP contribution in [0.5, 0.6) is 0 Å². The zero-order chi connectivity index (χ0) is 9.68. The van der Waals surface area contributed by atoms with Crippen molar-refractivity contribution >= 4 is 0 Å². The maximum absolute atomic E-state index is 5.69. The molecule has 1 saturated heterocycles. The Bertz CT molecular complexity index is 175. The summed E-state index contributed by atoms with van der Waals surface area (Å²) in [4.78, 5) is 2.52. The van der Waals surface area contributed by atoms with E-state index in [1.807, 2.05) is 0 Å². The van der Waals surface area contributed by atoms with E-state index in [9.17, 15) is 0 Å². The second-order valence-corrected chi connectivity index (χ2v) is 4.11. The second-order valence-electron chi connectivity index (χ2n) is 4.11. The van der Waals surface area contributed by atoms with Gasteiger partial charge in [0, 0.05) is 13.1 Å². The van der Waals surface area contributed by atoms with Crippen LogP contribution in [-0.4, -0.2) is 31.1 Å². The molecule has 0 bridgehead atoms. The van der Waals surface area contributed by atoms with Crippen molar-refractivity contribution in [3.05, 3.63) is 11.6 Å². The number of hydrogen-bond acceptors (Lipinski definition) is 2. The number of piperidine rings is 1. The summed E-state index contributed by atoms with van der Waals surface area (Å²) in [6.07, 6.45) is 4.84. The van der Waals surface area contributed by atoms with Crippen LogP contribution in [0.3, 0.4) is 0 Å². The third-order valence-corrected chi connectivity index (χ3v) is 2.90. The fourth-order valence-corrected chi connectivity index (χ4v) is 1.93. The Kier molecular flexibility index (Phi) is 4.46. The molecule has 1 rings (SSSR count). The van der Waals surface area contributed by atoms with Crippen LogP contribution >= 0.6 is 0 Å². The molecule has 1 unspecified atom stereocenters. The molecule has 2 nitrogen and oxygen atoms in total. The Morgan fingerprint density at radius 1 is 1.62 bits per heavy atom. The van der Waals surface area contributed by atoms with Gasteiger partial charge in [0.1, 0.15) is 0 Å². The van der Waals surface area contributed by atoms with Gasteiger partial charge in [-0.05, 0) is 45.7 Å². The highest BCUT2D eigenvalue weighted by Crippen LogP contribution is 2.15. The molecule has 1 aliphatic heterocycles. The molecule has 2 N–H and O–H groups in total. The van der Waals surface area contributed by atoms with Crippen LogP contribution in [0.15, 0.2) is 11.6 Å². The summed E-state index contributed by atoms with van der Waals surface area (Å²) in [7, 11) is 0. The maximum atomic E-state index is 5.69. The molecule has 76 valence electrons. The molecular formula is C11H22N2. The van der Waals surface area contributed by atoms with Gasteiger partial charge in [-0.2, -0.15) is 0 Å². The molecule has 0 aromatic heterocycles. The highest BCUT2D eigenvalue weighted by atomic mass is 15.1. The average molecular weight is 182 g/mol. The van der Waals surface area contributed by atoms with Gasteiger partial charge in [0.25, 0.3) is 0 Å². The first-order valence-electron chi connectivity index (χ1n) is 5.30. The van der Waals surface area contributed by atoms with E-state index >= 15 is 0 Å². The highest BCUT2D eigenvalue weighted by molar-refractivity contribution is 4.99. The van der Waals surface area contributed by atoms with E-state index in [1.54, 1.807) is 0 Å². The van der Waals surface area contributed by atoms with Crippen molar-refractivity contribution in [1.29, 1.82) is 0 Å². The summed E-state index contributed by atoms with van der Waals surface area (Å²) in [6.45, 7) is 8.74. The van der Waals surface area contributed by atoms with Crippen molar-refractivity contribution in [2.45, 2.75) is 26.7 Å². The van der Waals surface area contributed by atoms with Crippen molar-refractivity contribution in [3.63, 3.8) is 0 Å². The Morgan fingerprint density at radius 3 is 3.00 bits per heavy atom. The molecule has 0 radical (unpaired) electrons. The topological polar surface area (TPSA) is 29.3 Å². The maximum Gasteiger partial charge on any atom is 0.0190 e. The Labute approximate surface area is 81.8 Å². The fraction of sp³-hybridized carbons (Fsp3) is 0.818. The zero-order valence-corrected chi connectivity index (χ0v) is 8.92. The number of likely N-dealkylation sites (tertiary alicyclic amines) is 1. The number of nitrogens with two attached hydrogens (primary N) is 1. The minimum absolute atomic E-state index is 0.735. The van der Waals surface area contributed by atoms with Gasteiger partial charge in [-0.15, -0.1) is 0 Å². The van der Waals surface area contributed by atoms with Crippen LogP contribution in [0.2, 0.25) is 0 Å². The number of allylic oxidation sites excluding steroid dienone is 1. The lowest BCUT2D eigenvalue weighted by Gasteiger charge is -2.32. The smallest absolute Gasteiger partial charge is 0.0190 e. The summed E-state index contributed by atoms with van der Waals surface area (Å²) in [5.74, 6) is 0.735. The summed E-state index contributed by atoms with van der Waals surface area (Å²) < 4.78 is 0. The van der Waals surface area contributed by atoms with Gasteiger partial charge in [-0.3, -0.25) is 4.90 Å². The standard InChI is InChI=1S/C11H22N2/c1-3-10(2)8-13-6-4-5-11(7-12)9-13/h3,11H,4-9,12H2,1-2H3/b10-3-. The number of hydrogen-bond donors (Lipinski definition) is 1. The van der Waals surface area contributed by atoms with E-state index < -0.39 is 0 Å². The van der Waals surface area contributed by atoms with E-state index in [0.29, 0.717) is 0 Å². The minimum Gasteiger partial charge on any atom is -0.330 e. The van der Waals surface area contributed by atoms with E-state index in [4.69, 9.17) is 5.73 Å². The minimum atomic E-state index is 0.735. The van der Waals surface area contributed by atoms with Crippen LogP contribution in [-0.2, 0) is 0 Å². The number of rotatable bonds is 3. The molecular weight excluding hydrogens is 160 g/mol. The second kappa shape index (κ2) is 5.40. The molecule has 0 aromatic carbocycles. The fourth-order valence-electron chi connectivity index (χ4n) is 1.93. The average Bonchev–Trinajstić information content (AvgIpc) is 2.18. The normalized spacial score (nSPS) is 26.4. The molecule has 13 heavy (non-hydrogen) atoms. The van der Waals surface area contributed by atoms with Gasteiger partial charge in [0.15, 0.2) is 0 Å². The summed E-state index contributed by atoms with van der Waals surface area (Å²) in [5.41, 5.74) is 7.16. The first kappa shape index (κ1) is 10.7. The number of nitrogens with zero attached hydrogens (tertiary/aromatic N) is 1. The van der Waals surface area contributed by atoms with E-state index in [1.165, 1.54) is 31.5 Å². The Hall–Kier alpha value is -0.340. The molecule has 1 heterocycles. The predicted molar refractivity (Wildman–Crippen MR) is 57.6 cm³/mol. The van der Waals surface area contributed by atoms with Crippen molar-refractivity contribution in [2.75, 3.05) is 26.2 Å². The van der Waals surface area contributed by atoms with Gasteiger partial charge in [0.05, 0.1) is 0 Å². The van der Waals surface area contributed by atoms with Gasteiger partial charge < -0.3 is 5.73 Å². The molecule has 0 aromatic rings. The molecule has 1 fully saturated rings. The Balaban J connectivity index is 2.34. The third kappa shape index (κ3) is 3.49. The monoisotopic (exact) mass is 182 g/mol. The van der Waals surface area contributed by atoms with Gasteiger partial charge in [-0.25, -0.2) is 0 Å². The lowest BCUT2D eigenvalue weighted by molar-refractivity contribution is 0.191. The highest BCUT2D eigenvalue weighted by Gasteiger charge is 2.17. The summed E-state index contributed by atoms with van der Waals surface area (Å²) in [5, 5.41) is 0. The molecule has 1 atom stereocenters. The van der Waals surface area contributed by atoms with Gasteiger partial charge in [-0.1, -0.05) is 11.6 Å². The van der Waals surface area contributed by atoms with Crippen molar-refractivity contribution in [2.24, 2.45) is 11.7 Å². The van der Waals surface area contributed by atoms with Gasteiger partial charge in [0.2, 0.25) is 0 Å². The summed E-state index contributed by atoms with van der Waals surface area (Å²) >= 11 is 0. The Morgan fingerprint density at radius 2 is 2.38 bits per heavy atom. The molecule has 0 saturated carbocycles. The van der Waals surface area contributed by atoms with Crippen LogP contribution in [0.4, 0.5) is 0 Å². The molecule has 0 spiro atoms. The molecule has 2 heteroatoms. The van der Waals surface area contributed by atoms with Crippen molar-refractivity contribution < 1.29 is 0 Å². The van der Waals surface area contributed by atoms with E-state index in [-0.39, 0.29) is 0 Å². The van der Waals surface area contributed by atoms with E-state index in [0.717, 1.165) is 19.0 Å². The molecule has 0 aliphatic carbocycles. The first-order chi connectivity index (χ1) is 6.26. The van der Waals surface area contributed by atoms with Crippen LogP contribution in [0, 0.1) is 5.92 Å². The lowest BCUT2D eigenvalue weighted by atomic mass is 9.98. The van der Waals surface area contributed by atoms with Gasteiger partial charge >= 0.3 is 0 Å². The van der Waals surface area contributed by atoms with Crippen molar-refractivity contribution in [3.8, 4) is 0 Å². The third-order valence-electron chi connectivity index (χ3n) is 2.90. The van der Waals surface area contributed by atoms with E-state index in [2.05, 4.69) is 24.8 Å². The lowest BCUT2D eigenvalue weighted by Crippen LogP contribution is -2.39. The van der Waals surface area contributed by atoms with Crippen LogP contribution in [0.1, 0.15) is 26.7 Å². The zero-order valence-electron chi connectivity index (χ0n) is 8.92. The van der Waals surface area contributed by atoms with Crippen LogP contribution < -0.4 is 5.73 Å². The summed E-state index contributed by atoms with van der Waals surface area (Å²) in [6, 6.07) is 0. The quantitative estimate of drug-likeness (QED) is 0.672. The first-order valence-corrected chi connectivity index (χ1v) is 5.30.